The van der Waals surface area contributed by atoms with Gasteiger partial charge in [-0.1, -0.05) is 36.4 Å². The number of amides is 2. The molecule has 170 valence electrons. The molecular formula is C27H28FN3O2. The van der Waals surface area contributed by atoms with E-state index in [-0.39, 0.29) is 11.5 Å². The lowest BCUT2D eigenvalue weighted by Crippen LogP contribution is -2.33. The molecule has 1 aliphatic heterocycles. The van der Waals surface area contributed by atoms with Crippen LogP contribution in [-0.2, 0) is 6.42 Å². The van der Waals surface area contributed by atoms with Crippen molar-refractivity contribution in [1.29, 1.82) is 0 Å². The first-order valence-corrected chi connectivity index (χ1v) is 11.4. The van der Waals surface area contributed by atoms with Crippen LogP contribution in [0.3, 0.4) is 0 Å². The summed E-state index contributed by atoms with van der Waals surface area (Å²) in [4.78, 5) is 28.0. The summed E-state index contributed by atoms with van der Waals surface area (Å²) in [5.41, 5.74) is 3.28. The van der Waals surface area contributed by atoms with Gasteiger partial charge >= 0.3 is 0 Å². The predicted octanol–water partition coefficient (Wildman–Crippen LogP) is 5.04. The second-order valence-corrected chi connectivity index (χ2v) is 8.24. The van der Waals surface area contributed by atoms with E-state index in [2.05, 4.69) is 15.5 Å². The van der Waals surface area contributed by atoms with Crippen molar-refractivity contribution in [2.75, 3.05) is 29.9 Å². The normalized spacial score (nSPS) is 13.4. The van der Waals surface area contributed by atoms with Crippen LogP contribution < -0.4 is 15.5 Å². The van der Waals surface area contributed by atoms with E-state index in [9.17, 15) is 14.0 Å². The Hall–Kier alpha value is -3.67. The van der Waals surface area contributed by atoms with Crippen molar-refractivity contribution in [3.05, 3.63) is 95.3 Å². The molecule has 0 saturated carbocycles. The standard InChI is InChI=1S/C27H28FN3O2/c28-22-11-7-10-21(18-22)26(32)30-23-12-13-25(31-16-5-2-6-17-31)24(19-23)27(33)29-15-14-20-8-3-1-4-9-20/h1,3-4,7-13,18-19H,2,5-6,14-17H2,(H,29,33)(H,30,32). The molecular weight excluding hydrogens is 417 g/mol. The molecule has 2 N–H and O–H groups in total. The molecule has 1 heterocycles. The van der Waals surface area contributed by atoms with Gasteiger partial charge in [-0.05, 0) is 67.6 Å². The van der Waals surface area contributed by atoms with Crippen LogP contribution in [0, 0.1) is 5.82 Å². The monoisotopic (exact) mass is 445 g/mol. The lowest BCUT2D eigenvalue weighted by atomic mass is 10.1. The Morgan fingerprint density at radius 2 is 1.64 bits per heavy atom. The summed E-state index contributed by atoms with van der Waals surface area (Å²) in [7, 11) is 0. The second-order valence-electron chi connectivity index (χ2n) is 8.24. The van der Waals surface area contributed by atoms with Gasteiger partial charge in [0, 0.05) is 36.6 Å². The van der Waals surface area contributed by atoms with Gasteiger partial charge < -0.3 is 15.5 Å². The summed E-state index contributed by atoms with van der Waals surface area (Å²) < 4.78 is 13.5. The highest BCUT2D eigenvalue weighted by atomic mass is 19.1. The van der Waals surface area contributed by atoms with Crippen molar-refractivity contribution in [3.63, 3.8) is 0 Å². The van der Waals surface area contributed by atoms with Crippen LogP contribution in [0.2, 0.25) is 0 Å². The van der Waals surface area contributed by atoms with Crippen LogP contribution >= 0.6 is 0 Å². The molecule has 0 bridgehead atoms. The van der Waals surface area contributed by atoms with Gasteiger partial charge in [0.25, 0.3) is 11.8 Å². The fourth-order valence-corrected chi connectivity index (χ4v) is 4.10. The van der Waals surface area contributed by atoms with E-state index in [1.54, 1.807) is 18.2 Å². The highest BCUT2D eigenvalue weighted by molar-refractivity contribution is 6.06. The van der Waals surface area contributed by atoms with Gasteiger partial charge in [-0.2, -0.15) is 0 Å². The summed E-state index contributed by atoms with van der Waals surface area (Å²) in [5.74, 6) is -1.06. The van der Waals surface area contributed by atoms with E-state index in [4.69, 9.17) is 0 Å². The molecule has 0 spiro atoms. The zero-order valence-electron chi connectivity index (χ0n) is 18.5. The first-order chi connectivity index (χ1) is 16.1. The Bertz CT molecular complexity index is 1110. The van der Waals surface area contributed by atoms with Crippen molar-refractivity contribution < 1.29 is 14.0 Å². The topological polar surface area (TPSA) is 61.4 Å². The molecule has 0 atom stereocenters. The maximum absolute atomic E-state index is 13.5. The van der Waals surface area contributed by atoms with E-state index in [1.807, 2.05) is 36.4 Å². The second kappa shape index (κ2) is 10.8. The molecule has 0 radical (unpaired) electrons. The van der Waals surface area contributed by atoms with E-state index in [0.29, 0.717) is 17.8 Å². The number of hydrogen-bond acceptors (Lipinski definition) is 3. The molecule has 4 rings (SSSR count). The Morgan fingerprint density at radius 1 is 0.848 bits per heavy atom. The first kappa shape index (κ1) is 22.5. The number of nitrogens with zero attached hydrogens (tertiary/aromatic N) is 1. The first-order valence-electron chi connectivity index (χ1n) is 11.4. The minimum absolute atomic E-state index is 0.173. The van der Waals surface area contributed by atoms with E-state index in [1.165, 1.54) is 24.6 Å². The Morgan fingerprint density at radius 3 is 2.39 bits per heavy atom. The third-order valence-corrected chi connectivity index (χ3v) is 5.82. The quantitative estimate of drug-likeness (QED) is 0.536. The molecule has 3 aromatic rings. The van der Waals surface area contributed by atoms with Crippen molar-refractivity contribution in [3.8, 4) is 0 Å². The molecule has 0 unspecified atom stereocenters. The average molecular weight is 446 g/mol. The molecule has 3 aromatic carbocycles. The molecule has 0 aromatic heterocycles. The van der Waals surface area contributed by atoms with Crippen LogP contribution in [0.4, 0.5) is 15.8 Å². The number of benzene rings is 3. The average Bonchev–Trinajstić information content (AvgIpc) is 2.85. The molecule has 33 heavy (non-hydrogen) atoms. The van der Waals surface area contributed by atoms with Gasteiger partial charge in [0.1, 0.15) is 5.82 Å². The van der Waals surface area contributed by atoms with Gasteiger partial charge in [-0.15, -0.1) is 0 Å². The third-order valence-electron chi connectivity index (χ3n) is 5.82. The zero-order valence-corrected chi connectivity index (χ0v) is 18.5. The van der Waals surface area contributed by atoms with Crippen LogP contribution in [0.15, 0.2) is 72.8 Å². The Balaban J connectivity index is 1.52. The smallest absolute Gasteiger partial charge is 0.255 e. The summed E-state index contributed by atoms with van der Waals surface area (Å²) in [5, 5.41) is 5.81. The van der Waals surface area contributed by atoms with Gasteiger partial charge in [0.2, 0.25) is 0 Å². The predicted molar refractivity (Wildman–Crippen MR) is 129 cm³/mol. The highest BCUT2D eigenvalue weighted by Gasteiger charge is 2.20. The fourth-order valence-electron chi connectivity index (χ4n) is 4.10. The summed E-state index contributed by atoms with van der Waals surface area (Å²) in [6, 6.07) is 20.9. The zero-order chi connectivity index (χ0) is 23.0. The Kier molecular flexibility index (Phi) is 7.35. The summed E-state index contributed by atoms with van der Waals surface area (Å²) in [6.07, 6.45) is 4.11. The highest BCUT2D eigenvalue weighted by Crippen LogP contribution is 2.27. The van der Waals surface area contributed by atoms with Gasteiger partial charge in [-0.25, -0.2) is 4.39 Å². The third kappa shape index (κ3) is 5.98. The number of carbonyl (C=O) groups is 2. The number of rotatable bonds is 7. The number of halogens is 1. The van der Waals surface area contributed by atoms with Crippen LogP contribution in [0.1, 0.15) is 45.5 Å². The van der Waals surface area contributed by atoms with Gasteiger partial charge in [-0.3, -0.25) is 9.59 Å². The molecule has 1 aliphatic rings. The van der Waals surface area contributed by atoms with Crippen molar-refractivity contribution >= 4 is 23.2 Å². The van der Waals surface area contributed by atoms with Crippen LogP contribution in [0.25, 0.3) is 0 Å². The number of piperidine rings is 1. The fraction of sp³-hybridized carbons (Fsp3) is 0.259. The van der Waals surface area contributed by atoms with E-state index >= 15 is 0 Å². The Labute approximate surface area is 193 Å². The number of anilines is 2. The summed E-state index contributed by atoms with van der Waals surface area (Å²) >= 11 is 0. The lowest BCUT2D eigenvalue weighted by Gasteiger charge is -2.30. The molecule has 6 heteroatoms. The van der Waals surface area contributed by atoms with Gasteiger partial charge in [0.05, 0.1) is 5.56 Å². The molecule has 5 nitrogen and oxygen atoms in total. The summed E-state index contributed by atoms with van der Waals surface area (Å²) in [6.45, 7) is 2.32. The van der Waals surface area contributed by atoms with Gasteiger partial charge in [0.15, 0.2) is 0 Å². The van der Waals surface area contributed by atoms with Crippen LogP contribution in [0.5, 0.6) is 0 Å². The van der Waals surface area contributed by atoms with Crippen LogP contribution in [-0.4, -0.2) is 31.4 Å². The molecule has 1 saturated heterocycles. The van der Waals surface area contributed by atoms with Crippen molar-refractivity contribution in [1.82, 2.24) is 5.32 Å². The van der Waals surface area contributed by atoms with E-state index < -0.39 is 11.7 Å². The van der Waals surface area contributed by atoms with Crippen molar-refractivity contribution in [2.24, 2.45) is 0 Å². The minimum Gasteiger partial charge on any atom is -0.371 e. The maximum Gasteiger partial charge on any atom is 0.255 e. The largest absolute Gasteiger partial charge is 0.371 e. The number of nitrogens with one attached hydrogen (secondary N) is 2. The maximum atomic E-state index is 13.5. The number of carbonyl (C=O) groups excluding carboxylic acids is 2. The molecule has 2 amide bonds. The SMILES string of the molecule is O=C(Nc1ccc(N2CCCCC2)c(C(=O)NCCc2ccccc2)c1)c1cccc(F)c1. The van der Waals surface area contributed by atoms with Crippen molar-refractivity contribution in [2.45, 2.75) is 25.7 Å². The molecule has 0 aliphatic carbocycles. The minimum atomic E-state index is -0.471. The lowest BCUT2D eigenvalue weighted by molar-refractivity contribution is 0.0953. The number of hydrogen-bond donors (Lipinski definition) is 2. The van der Waals surface area contributed by atoms with E-state index in [0.717, 1.165) is 43.6 Å². The molecule has 1 fully saturated rings.